The molecule has 0 spiro atoms. The van der Waals surface area contributed by atoms with Crippen molar-refractivity contribution in [2.24, 2.45) is 4.99 Å². The molecule has 1 aliphatic rings. The first kappa shape index (κ1) is 18.8. The molecular weight excluding hydrogens is 324 g/mol. The first-order valence-corrected chi connectivity index (χ1v) is 8.25. The second-order valence-electron chi connectivity index (χ2n) is 4.38. The molecule has 0 fully saturated rings. The van der Waals surface area contributed by atoms with Gasteiger partial charge in [0.25, 0.3) is 0 Å². The van der Waals surface area contributed by atoms with Crippen LogP contribution in [0.3, 0.4) is 0 Å². The number of fused-ring (bicyclic) bond motifs is 1. The van der Waals surface area contributed by atoms with Gasteiger partial charge in [0.1, 0.15) is 5.75 Å². The van der Waals surface area contributed by atoms with Crippen LogP contribution in [0.1, 0.15) is 20.3 Å². The Kier molecular flexibility index (Phi) is 8.92. The highest BCUT2D eigenvalue weighted by molar-refractivity contribution is 8.13. The van der Waals surface area contributed by atoms with Crippen molar-refractivity contribution in [1.82, 2.24) is 5.32 Å². The minimum atomic E-state index is 0. The molecular formula is C15H23ClN2O3S. The molecule has 0 radical (unpaired) electrons. The van der Waals surface area contributed by atoms with E-state index in [2.05, 4.69) is 17.2 Å². The van der Waals surface area contributed by atoms with Gasteiger partial charge in [-0.05, 0) is 32.4 Å². The number of hydrogen-bond acceptors (Lipinski definition) is 5. The van der Waals surface area contributed by atoms with Crippen LogP contribution < -0.4 is 19.5 Å². The van der Waals surface area contributed by atoms with Gasteiger partial charge in [-0.25, -0.2) is 0 Å². The van der Waals surface area contributed by atoms with Crippen LogP contribution in [0.5, 0.6) is 17.2 Å². The fourth-order valence-electron chi connectivity index (χ4n) is 1.83. The highest BCUT2D eigenvalue weighted by Gasteiger charge is 2.13. The molecule has 2 rings (SSSR count). The molecule has 1 aromatic carbocycles. The number of rotatable bonds is 7. The fraction of sp³-hybridized carbons (Fsp3) is 0.533. The Balaban J connectivity index is 0.00000242. The molecule has 1 aliphatic heterocycles. The van der Waals surface area contributed by atoms with Crippen LogP contribution in [0.2, 0.25) is 0 Å². The second-order valence-corrected chi connectivity index (χ2v) is 5.46. The van der Waals surface area contributed by atoms with Gasteiger partial charge in [-0.1, -0.05) is 11.8 Å². The number of benzene rings is 1. The van der Waals surface area contributed by atoms with E-state index in [4.69, 9.17) is 14.2 Å². The molecule has 1 N–H and O–H groups in total. The first-order valence-electron chi connectivity index (χ1n) is 7.27. The van der Waals surface area contributed by atoms with E-state index in [1.54, 1.807) is 11.8 Å². The number of halogens is 1. The van der Waals surface area contributed by atoms with Crippen molar-refractivity contribution in [3.05, 3.63) is 18.2 Å². The molecule has 0 amide bonds. The fourth-order valence-corrected chi connectivity index (χ4v) is 2.75. The third-order valence-electron chi connectivity index (χ3n) is 2.77. The summed E-state index contributed by atoms with van der Waals surface area (Å²) in [7, 11) is 0. The largest absolute Gasteiger partial charge is 0.493 e. The number of aliphatic imine (C=N–C) groups is 1. The normalized spacial score (nSPS) is 12.7. The van der Waals surface area contributed by atoms with Crippen molar-refractivity contribution in [2.45, 2.75) is 20.3 Å². The Morgan fingerprint density at radius 2 is 2.14 bits per heavy atom. The summed E-state index contributed by atoms with van der Waals surface area (Å²) in [6.45, 7) is 6.80. The molecule has 124 valence electrons. The van der Waals surface area contributed by atoms with E-state index in [9.17, 15) is 0 Å². The van der Waals surface area contributed by atoms with Crippen LogP contribution in [-0.4, -0.2) is 37.4 Å². The van der Waals surface area contributed by atoms with Gasteiger partial charge in [0.2, 0.25) is 6.79 Å². The number of hydrogen-bond donors (Lipinski definition) is 1. The summed E-state index contributed by atoms with van der Waals surface area (Å²) in [4.78, 5) is 4.41. The lowest BCUT2D eigenvalue weighted by molar-refractivity contribution is 0.173. The topological polar surface area (TPSA) is 52.1 Å². The molecule has 0 aromatic heterocycles. The SMILES string of the molecule is CCN=C(NCC)SCCCOc1ccc2c(c1)OCO2.Cl. The molecule has 0 saturated carbocycles. The van der Waals surface area contributed by atoms with Crippen LogP contribution in [0.15, 0.2) is 23.2 Å². The Morgan fingerprint density at radius 1 is 1.32 bits per heavy atom. The van der Waals surface area contributed by atoms with E-state index < -0.39 is 0 Å². The third-order valence-corrected chi connectivity index (χ3v) is 3.81. The molecule has 0 unspecified atom stereocenters. The highest BCUT2D eigenvalue weighted by Crippen LogP contribution is 2.35. The van der Waals surface area contributed by atoms with Crippen LogP contribution in [0, 0.1) is 0 Å². The lowest BCUT2D eigenvalue weighted by Gasteiger charge is -2.08. The number of nitrogens with one attached hydrogen (secondary N) is 1. The maximum Gasteiger partial charge on any atom is 0.231 e. The van der Waals surface area contributed by atoms with Gasteiger partial charge < -0.3 is 19.5 Å². The van der Waals surface area contributed by atoms with Crippen molar-refractivity contribution < 1.29 is 14.2 Å². The van der Waals surface area contributed by atoms with E-state index in [0.717, 1.165) is 47.7 Å². The monoisotopic (exact) mass is 346 g/mol. The second kappa shape index (κ2) is 10.5. The third kappa shape index (κ3) is 5.85. The smallest absolute Gasteiger partial charge is 0.231 e. The highest BCUT2D eigenvalue weighted by atomic mass is 35.5. The maximum atomic E-state index is 5.72. The zero-order chi connectivity index (χ0) is 14.9. The van der Waals surface area contributed by atoms with Gasteiger partial charge in [-0.2, -0.15) is 0 Å². The minimum absolute atomic E-state index is 0. The van der Waals surface area contributed by atoms with Crippen LogP contribution in [0.4, 0.5) is 0 Å². The number of ether oxygens (including phenoxy) is 3. The van der Waals surface area contributed by atoms with Gasteiger partial charge >= 0.3 is 0 Å². The van der Waals surface area contributed by atoms with Crippen LogP contribution >= 0.6 is 24.2 Å². The van der Waals surface area contributed by atoms with Crippen molar-refractivity contribution in [2.75, 3.05) is 32.2 Å². The molecule has 0 saturated heterocycles. The van der Waals surface area contributed by atoms with E-state index in [0.29, 0.717) is 13.4 Å². The van der Waals surface area contributed by atoms with E-state index in [1.807, 2.05) is 25.1 Å². The number of nitrogens with zero attached hydrogens (tertiary/aromatic N) is 1. The Hall–Kier alpha value is -1.27. The molecule has 1 heterocycles. The predicted octanol–water partition coefficient (Wildman–Crippen LogP) is 3.32. The van der Waals surface area contributed by atoms with Gasteiger partial charge in [-0.15, -0.1) is 12.4 Å². The van der Waals surface area contributed by atoms with Crippen molar-refractivity contribution >= 4 is 29.3 Å². The summed E-state index contributed by atoms with van der Waals surface area (Å²) in [5.41, 5.74) is 0. The zero-order valence-corrected chi connectivity index (χ0v) is 14.6. The summed E-state index contributed by atoms with van der Waals surface area (Å²) in [6.07, 6.45) is 0.966. The minimum Gasteiger partial charge on any atom is -0.493 e. The van der Waals surface area contributed by atoms with Crippen molar-refractivity contribution in [1.29, 1.82) is 0 Å². The summed E-state index contributed by atoms with van der Waals surface area (Å²) < 4.78 is 16.3. The number of amidine groups is 1. The van der Waals surface area contributed by atoms with Gasteiger partial charge in [0.05, 0.1) is 6.61 Å². The molecule has 0 aliphatic carbocycles. The summed E-state index contributed by atoms with van der Waals surface area (Å²) >= 11 is 1.74. The molecule has 0 bridgehead atoms. The summed E-state index contributed by atoms with van der Waals surface area (Å²) in [6, 6.07) is 5.66. The lowest BCUT2D eigenvalue weighted by Crippen LogP contribution is -2.20. The summed E-state index contributed by atoms with van der Waals surface area (Å²) in [5, 5.41) is 4.28. The molecule has 5 nitrogen and oxygen atoms in total. The first-order chi connectivity index (χ1) is 10.3. The quantitative estimate of drug-likeness (QED) is 0.466. The standard InChI is InChI=1S/C15H22N2O3S.ClH/c1-3-16-15(17-4-2)21-9-5-8-18-12-6-7-13-14(10-12)20-11-19-13;/h6-7,10H,3-5,8-9,11H2,1-2H3,(H,16,17);1H. The Morgan fingerprint density at radius 3 is 2.91 bits per heavy atom. The Labute approximate surface area is 142 Å². The van der Waals surface area contributed by atoms with Crippen molar-refractivity contribution in [3.63, 3.8) is 0 Å². The van der Waals surface area contributed by atoms with Crippen LogP contribution in [0.25, 0.3) is 0 Å². The molecule has 7 heteroatoms. The average Bonchev–Trinajstić information content (AvgIpc) is 2.95. The Bertz CT molecular complexity index is 486. The maximum absolute atomic E-state index is 5.72. The summed E-state index contributed by atoms with van der Waals surface area (Å²) in [5.74, 6) is 3.34. The van der Waals surface area contributed by atoms with Crippen LogP contribution in [-0.2, 0) is 0 Å². The predicted molar refractivity (Wildman–Crippen MR) is 94.0 cm³/mol. The lowest BCUT2D eigenvalue weighted by atomic mass is 10.3. The average molecular weight is 347 g/mol. The van der Waals surface area contributed by atoms with E-state index in [1.165, 1.54) is 0 Å². The van der Waals surface area contributed by atoms with Gasteiger partial charge in [0.15, 0.2) is 16.7 Å². The number of thioether (sulfide) groups is 1. The van der Waals surface area contributed by atoms with E-state index >= 15 is 0 Å². The van der Waals surface area contributed by atoms with Gasteiger partial charge in [-0.3, -0.25) is 4.99 Å². The molecule has 1 aromatic rings. The zero-order valence-electron chi connectivity index (χ0n) is 13.0. The molecule has 0 atom stereocenters. The van der Waals surface area contributed by atoms with Gasteiger partial charge in [0, 0.05) is 24.9 Å². The van der Waals surface area contributed by atoms with E-state index in [-0.39, 0.29) is 12.4 Å². The molecule has 22 heavy (non-hydrogen) atoms. The van der Waals surface area contributed by atoms with Crippen molar-refractivity contribution in [3.8, 4) is 17.2 Å².